The van der Waals surface area contributed by atoms with Crippen LogP contribution in [0.25, 0.3) is 11.6 Å². The van der Waals surface area contributed by atoms with E-state index in [9.17, 15) is 4.79 Å². The molecule has 0 atom stereocenters. The number of carbonyl (C=O) groups is 1. The molecular formula is C22H18O. The van der Waals surface area contributed by atoms with Gasteiger partial charge in [-0.25, -0.2) is 0 Å². The zero-order valence-electron chi connectivity index (χ0n) is 13.1. The largest absolute Gasteiger partial charge is 0.289 e. The first-order valence-corrected chi connectivity index (χ1v) is 7.67. The summed E-state index contributed by atoms with van der Waals surface area (Å²) in [5.41, 5.74) is 4.55. The summed E-state index contributed by atoms with van der Waals surface area (Å²) in [6.07, 6.45) is 1.96. The van der Waals surface area contributed by atoms with Crippen LogP contribution in [0.15, 0.2) is 84.9 Å². The third-order valence-electron chi connectivity index (χ3n) is 3.75. The summed E-state index contributed by atoms with van der Waals surface area (Å²) in [4.78, 5) is 13.0. The molecule has 0 aliphatic rings. The van der Waals surface area contributed by atoms with E-state index in [-0.39, 0.29) is 5.78 Å². The first kappa shape index (κ1) is 15.0. The minimum absolute atomic E-state index is 0.0401. The molecule has 0 heterocycles. The summed E-state index contributed by atoms with van der Waals surface area (Å²) in [6, 6.07) is 27.4. The molecule has 0 fully saturated rings. The number of rotatable bonds is 4. The number of hydrogen-bond acceptors (Lipinski definition) is 1. The number of allylic oxidation sites excluding steroid dienone is 1. The number of aryl methyl sites for hydroxylation is 1. The number of carbonyl (C=O) groups excluding carboxylic acids is 1. The lowest BCUT2D eigenvalue weighted by Crippen LogP contribution is -2.02. The molecule has 0 aliphatic carbocycles. The van der Waals surface area contributed by atoms with Crippen molar-refractivity contribution in [1.29, 1.82) is 0 Å². The Morgan fingerprint density at radius 1 is 0.696 bits per heavy atom. The SMILES string of the molecule is Cc1ccc(C(=Cc2ccccc2)C(=O)c2ccccc2)cc1. The lowest BCUT2D eigenvalue weighted by atomic mass is 9.94. The predicted octanol–water partition coefficient (Wildman–Crippen LogP) is 5.42. The average Bonchev–Trinajstić information content (AvgIpc) is 2.62. The number of hydrogen-bond donors (Lipinski definition) is 0. The fourth-order valence-corrected chi connectivity index (χ4v) is 2.47. The average molecular weight is 298 g/mol. The molecule has 23 heavy (non-hydrogen) atoms. The van der Waals surface area contributed by atoms with Gasteiger partial charge in [0.25, 0.3) is 0 Å². The van der Waals surface area contributed by atoms with Crippen LogP contribution in [0.1, 0.15) is 27.0 Å². The van der Waals surface area contributed by atoms with Crippen LogP contribution in [0, 0.1) is 6.92 Å². The fourth-order valence-electron chi connectivity index (χ4n) is 2.47. The van der Waals surface area contributed by atoms with Gasteiger partial charge in [-0.3, -0.25) is 4.79 Å². The quantitative estimate of drug-likeness (QED) is 0.357. The van der Waals surface area contributed by atoms with Gasteiger partial charge in [-0.2, -0.15) is 0 Å². The van der Waals surface area contributed by atoms with E-state index in [4.69, 9.17) is 0 Å². The molecule has 3 rings (SSSR count). The van der Waals surface area contributed by atoms with Crippen LogP contribution >= 0.6 is 0 Å². The van der Waals surface area contributed by atoms with Crippen molar-refractivity contribution in [2.45, 2.75) is 6.92 Å². The molecule has 0 unspecified atom stereocenters. The molecule has 0 radical (unpaired) electrons. The maximum Gasteiger partial charge on any atom is 0.193 e. The predicted molar refractivity (Wildman–Crippen MR) is 96.3 cm³/mol. The molecular weight excluding hydrogens is 280 g/mol. The maximum absolute atomic E-state index is 13.0. The van der Waals surface area contributed by atoms with Gasteiger partial charge < -0.3 is 0 Å². The molecule has 0 spiro atoms. The van der Waals surface area contributed by atoms with Crippen LogP contribution in [0.3, 0.4) is 0 Å². The van der Waals surface area contributed by atoms with Gasteiger partial charge >= 0.3 is 0 Å². The van der Waals surface area contributed by atoms with Gasteiger partial charge in [-0.1, -0.05) is 90.5 Å². The first-order chi connectivity index (χ1) is 11.2. The summed E-state index contributed by atoms with van der Waals surface area (Å²) < 4.78 is 0. The summed E-state index contributed by atoms with van der Waals surface area (Å²) in [7, 11) is 0. The molecule has 3 aromatic carbocycles. The smallest absolute Gasteiger partial charge is 0.193 e. The molecule has 0 N–H and O–H groups in total. The van der Waals surface area contributed by atoms with Crippen LogP contribution < -0.4 is 0 Å². The Morgan fingerprint density at radius 3 is 1.87 bits per heavy atom. The highest BCUT2D eigenvalue weighted by Crippen LogP contribution is 2.23. The van der Waals surface area contributed by atoms with Gasteiger partial charge in [0.05, 0.1) is 0 Å². The zero-order chi connectivity index (χ0) is 16.1. The Bertz CT molecular complexity index is 813. The molecule has 1 nitrogen and oxygen atoms in total. The van der Waals surface area contributed by atoms with Crippen LogP contribution in [-0.4, -0.2) is 5.78 Å². The lowest BCUT2D eigenvalue weighted by molar-refractivity contribution is 0.105. The standard InChI is InChI=1S/C22H18O/c1-17-12-14-19(15-13-17)21(16-18-8-4-2-5-9-18)22(23)20-10-6-3-7-11-20/h2-16H,1H3. The Balaban J connectivity index is 2.08. The molecule has 1 heteroatoms. The van der Waals surface area contributed by atoms with Gasteiger partial charge in [0.1, 0.15) is 0 Å². The molecule has 0 aromatic heterocycles. The Morgan fingerprint density at radius 2 is 1.26 bits per heavy atom. The van der Waals surface area contributed by atoms with Crippen molar-refractivity contribution < 1.29 is 4.79 Å². The normalized spacial score (nSPS) is 11.3. The second-order valence-corrected chi connectivity index (χ2v) is 5.53. The molecule has 0 aliphatic heterocycles. The van der Waals surface area contributed by atoms with Gasteiger partial charge in [0, 0.05) is 11.1 Å². The van der Waals surface area contributed by atoms with Crippen molar-refractivity contribution in [2.24, 2.45) is 0 Å². The molecule has 0 saturated heterocycles. The second-order valence-electron chi connectivity index (χ2n) is 5.53. The van der Waals surface area contributed by atoms with Crippen molar-refractivity contribution >= 4 is 17.4 Å². The minimum atomic E-state index is 0.0401. The van der Waals surface area contributed by atoms with E-state index in [2.05, 4.69) is 0 Å². The Labute approximate surface area is 136 Å². The lowest BCUT2D eigenvalue weighted by Gasteiger charge is -2.08. The van der Waals surface area contributed by atoms with E-state index in [0.29, 0.717) is 11.1 Å². The molecule has 3 aromatic rings. The number of Topliss-reactive ketones (excluding diaryl/α,β-unsaturated/α-hetero) is 1. The number of benzene rings is 3. The van der Waals surface area contributed by atoms with Gasteiger partial charge in [-0.05, 0) is 24.1 Å². The van der Waals surface area contributed by atoms with E-state index in [1.807, 2.05) is 97.9 Å². The van der Waals surface area contributed by atoms with E-state index >= 15 is 0 Å². The van der Waals surface area contributed by atoms with E-state index in [0.717, 1.165) is 11.1 Å². The topological polar surface area (TPSA) is 17.1 Å². The highest BCUT2D eigenvalue weighted by molar-refractivity contribution is 6.32. The fraction of sp³-hybridized carbons (Fsp3) is 0.0455. The van der Waals surface area contributed by atoms with Gasteiger partial charge in [0.2, 0.25) is 0 Å². The second kappa shape index (κ2) is 6.89. The highest BCUT2D eigenvalue weighted by Gasteiger charge is 2.14. The Hall–Kier alpha value is -2.93. The summed E-state index contributed by atoms with van der Waals surface area (Å²) in [6.45, 7) is 2.05. The van der Waals surface area contributed by atoms with E-state index in [1.165, 1.54) is 5.56 Å². The molecule has 0 bridgehead atoms. The summed E-state index contributed by atoms with van der Waals surface area (Å²) in [5, 5.41) is 0. The van der Waals surface area contributed by atoms with Crippen molar-refractivity contribution in [3.63, 3.8) is 0 Å². The van der Waals surface area contributed by atoms with E-state index in [1.54, 1.807) is 0 Å². The summed E-state index contributed by atoms with van der Waals surface area (Å²) in [5.74, 6) is 0.0401. The zero-order valence-corrected chi connectivity index (χ0v) is 13.1. The number of ketones is 1. The maximum atomic E-state index is 13.0. The minimum Gasteiger partial charge on any atom is -0.289 e. The van der Waals surface area contributed by atoms with Crippen LogP contribution in [0.4, 0.5) is 0 Å². The molecule has 0 amide bonds. The Kier molecular flexibility index (Phi) is 4.49. The van der Waals surface area contributed by atoms with Crippen molar-refractivity contribution in [2.75, 3.05) is 0 Å². The molecule has 0 saturated carbocycles. The third kappa shape index (κ3) is 3.64. The van der Waals surface area contributed by atoms with Gasteiger partial charge in [0.15, 0.2) is 5.78 Å². The van der Waals surface area contributed by atoms with Crippen LogP contribution in [0.2, 0.25) is 0 Å². The van der Waals surface area contributed by atoms with Crippen molar-refractivity contribution in [3.05, 3.63) is 107 Å². The van der Waals surface area contributed by atoms with Crippen LogP contribution in [-0.2, 0) is 0 Å². The third-order valence-corrected chi connectivity index (χ3v) is 3.75. The van der Waals surface area contributed by atoms with E-state index < -0.39 is 0 Å². The highest BCUT2D eigenvalue weighted by atomic mass is 16.1. The van der Waals surface area contributed by atoms with Gasteiger partial charge in [-0.15, -0.1) is 0 Å². The monoisotopic (exact) mass is 298 g/mol. The van der Waals surface area contributed by atoms with Crippen LogP contribution in [0.5, 0.6) is 0 Å². The molecule has 112 valence electrons. The van der Waals surface area contributed by atoms with Crippen molar-refractivity contribution in [1.82, 2.24) is 0 Å². The van der Waals surface area contributed by atoms with Crippen molar-refractivity contribution in [3.8, 4) is 0 Å². The first-order valence-electron chi connectivity index (χ1n) is 7.67. The summed E-state index contributed by atoms with van der Waals surface area (Å²) >= 11 is 0.